The Kier molecular flexibility index (Phi) is 3.94. The van der Waals surface area contributed by atoms with Crippen LogP contribution in [0.4, 0.5) is 0 Å². The first-order chi connectivity index (χ1) is 8.28. The van der Waals surface area contributed by atoms with Crippen LogP contribution in [0.2, 0.25) is 0 Å². The smallest absolute Gasteiger partial charge is 0.103 e. The standard InChI is InChI=1S/C14H19N3/c1-3-12-4-6-13(7-5-12)8-15-9-14-10-16-11(2)17-14/h4-7,10,15H,3,8-9H2,1-2H3,(H,16,17). The van der Waals surface area contributed by atoms with Gasteiger partial charge < -0.3 is 10.3 Å². The average Bonchev–Trinajstić information content (AvgIpc) is 2.76. The van der Waals surface area contributed by atoms with E-state index in [0.717, 1.165) is 31.0 Å². The van der Waals surface area contributed by atoms with E-state index in [-0.39, 0.29) is 0 Å². The molecule has 2 N–H and O–H groups in total. The molecule has 0 atom stereocenters. The number of rotatable bonds is 5. The molecule has 0 bridgehead atoms. The van der Waals surface area contributed by atoms with E-state index >= 15 is 0 Å². The van der Waals surface area contributed by atoms with Crippen LogP contribution in [0.3, 0.4) is 0 Å². The maximum absolute atomic E-state index is 4.17. The van der Waals surface area contributed by atoms with Gasteiger partial charge in [0.15, 0.2) is 0 Å². The number of aromatic amines is 1. The number of H-pyrrole nitrogens is 1. The Bertz CT molecular complexity index is 457. The van der Waals surface area contributed by atoms with Crippen molar-refractivity contribution in [2.24, 2.45) is 0 Å². The van der Waals surface area contributed by atoms with Gasteiger partial charge in [-0.3, -0.25) is 0 Å². The highest BCUT2D eigenvalue weighted by Crippen LogP contribution is 2.05. The third-order valence-corrected chi connectivity index (χ3v) is 2.83. The molecule has 0 saturated heterocycles. The molecule has 0 radical (unpaired) electrons. The molecule has 0 aliphatic heterocycles. The van der Waals surface area contributed by atoms with Crippen molar-refractivity contribution in [3.8, 4) is 0 Å². The molecular weight excluding hydrogens is 210 g/mol. The van der Waals surface area contributed by atoms with E-state index in [1.807, 2.05) is 13.1 Å². The van der Waals surface area contributed by atoms with E-state index in [2.05, 4.69) is 46.5 Å². The van der Waals surface area contributed by atoms with Crippen LogP contribution in [0, 0.1) is 6.92 Å². The van der Waals surface area contributed by atoms with Gasteiger partial charge in [-0.1, -0.05) is 31.2 Å². The molecule has 2 aromatic rings. The summed E-state index contributed by atoms with van der Waals surface area (Å²) in [7, 11) is 0. The Balaban J connectivity index is 1.81. The molecular formula is C14H19N3. The summed E-state index contributed by atoms with van der Waals surface area (Å²) in [5.74, 6) is 0.967. The maximum atomic E-state index is 4.17. The van der Waals surface area contributed by atoms with Gasteiger partial charge in [0, 0.05) is 25.0 Å². The van der Waals surface area contributed by atoms with Crippen molar-refractivity contribution >= 4 is 0 Å². The topological polar surface area (TPSA) is 40.7 Å². The molecule has 0 aliphatic carbocycles. The van der Waals surface area contributed by atoms with Crippen LogP contribution in [0.15, 0.2) is 30.5 Å². The van der Waals surface area contributed by atoms with E-state index in [9.17, 15) is 0 Å². The molecule has 0 unspecified atom stereocenters. The summed E-state index contributed by atoms with van der Waals surface area (Å²) in [5.41, 5.74) is 3.84. The van der Waals surface area contributed by atoms with E-state index < -0.39 is 0 Å². The molecule has 1 aromatic heterocycles. The highest BCUT2D eigenvalue weighted by Gasteiger charge is 1.97. The number of nitrogens with zero attached hydrogens (tertiary/aromatic N) is 1. The molecule has 17 heavy (non-hydrogen) atoms. The number of hydrogen-bond acceptors (Lipinski definition) is 2. The first kappa shape index (κ1) is 11.9. The van der Waals surface area contributed by atoms with Crippen LogP contribution in [0.5, 0.6) is 0 Å². The fourth-order valence-corrected chi connectivity index (χ4v) is 1.80. The third-order valence-electron chi connectivity index (χ3n) is 2.83. The minimum Gasteiger partial charge on any atom is -0.345 e. The fraction of sp³-hybridized carbons (Fsp3) is 0.357. The van der Waals surface area contributed by atoms with Gasteiger partial charge in [0.1, 0.15) is 5.82 Å². The third kappa shape index (κ3) is 3.43. The zero-order chi connectivity index (χ0) is 12.1. The van der Waals surface area contributed by atoms with E-state index in [0.29, 0.717) is 0 Å². The second-order valence-electron chi connectivity index (χ2n) is 4.27. The number of nitrogens with one attached hydrogen (secondary N) is 2. The number of benzene rings is 1. The van der Waals surface area contributed by atoms with Crippen molar-refractivity contribution < 1.29 is 0 Å². The molecule has 1 aromatic carbocycles. The van der Waals surface area contributed by atoms with Crippen molar-refractivity contribution in [3.05, 3.63) is 53.1 Å². The van der Waals surface area contributed by atoms with Gasteiger partial charge in [0.05, 0.1) is 0 Å². The van der Waals surface area contributed by atoms with Gasteiger partial charge in [-0.2, -0.15) is 0 Å². The summed E-state index contributed by atoms with van der Waals surface area (Å²) < 4.78 is 0. The summed E-state index contributed by atoms with van der Waals surface area (Å²) in [6.45, 7) is 5.86. The monoisotopic (exact) mass is 229 g/mol. The van der Waals surface area contributed by atoms with Crippen LogP contribution < -0.4 is 5.32 Å². The normalized spacial score (nSPS) is 10.7. The number of aromatic nitrogens is 2. The molecule has 0 aliphatic rings. The first-order valence-electron chi connectivity index (χ1n) is 6.07. The van der Waals surface area contributed by atoms with Gasteiger partial charge in [-0.15, -0.1) is 0 Å². The van der Waals surface area contributed by atoms with Crippen LogP contribution in [0.25, 0.3) is 0 Å². The summed E-state index contributed by atoms with van der Waals surface area (Å²) in [6, 6.07) is 8.75. The Morgan fingerprint density at radius 1 is 1.12 bits per heavy atom. The Labute approximate surface area is 102 Å². The average molecular weight is 229 g/mol. The molecule has 1 heterocycles. The summed E-state index contributed by atoms with van der Waals surface area (Å²) in [4.78, 5) is 7.38. The van der Waals surface area contributed by atoms with E-state index in [1.165, 1.54) is 11.1 Å². The molecule has 0 saturated carbocycles. The Morgan fingerprint density at radius 2 is 1.82 bits per heavy atom. The second kappa shape index (κ2) is 5.64. The quantitative estimate of drug-likeness (QED) is 0.827. The highest BCUT2D eigenvalue weighted by molar-refractivity contribution is 5.22. The van der Waals surface area contributed by atoms with Crippen molar-refractivity contribution in [1.29, 1.82) is 0 Å². The van der Waals surface area contributed by atoms with Gasteiger partial charge in [-0.25, -0.2) is 4.98 Å². The Morgan fingerprint density at radius 3 is 2.41 bits per heavy atom. The predicted molar refractivity (Wildman–Crippen MR) is 69.7 cm³/mol. The molecule has 0 spiro atoms. The van der Waals surface area contributed by atoms with E-state index in [1.54, 1.807) is 0 Å². The van der Waals surface area contributed by atoms with Crippen molar-refractivity contribution in [3.63, 3.8) is 0 Å². The number of imidazole rings is 1. The second-order valence-corrected chi connectivity index (χ2v) is 4.27. The summed E-state index contributed by atoms with van der Waals surface area (Å²) in [5, 5.41) is 3.40. The molecule has 2 rings (SSSR count). The Hall–Kier alpha value is -1.61. The lowest BCUT2D eigenvalue weighted by Crippen LogP contribution is -2.12. The van der Waals surface area contributed by atoms with Crippen LogP contribution in [0.1, 0.15) is 29.6 Å². The largest absolute Gasteiger partial charge is 0.345 e. The molecule has 90 valence electrons. The summed E-state index contributed by atoms with van der Waals surface area (Å²) in [6.07, 6.45) is 2.98. The summed E-state index contributed by atoms with van der Waals surface area (Å²) >= 11 is 0. The van der Waals surface area contributed by atoms with Crippen LogP contribution in [-0.2, 0) is 19.5 Å². The minimum absolute atomic E-state index is 0.830. The van der Waals surface area contributed by atoms with E-state index in [4.69, 9.17) is 0 Å². The maximum Gasteiger partial charge on any atom is 0.103 e. The minimum atomic E-state index is 0.830. The SMILES string of the molecule is CCc1ccc(CNCc2cnc(C)[nH]2)cc1. The zero-order valence-corrected chi connectivity index (χ0v) is 10.5. The highest BCUT2D eigenvalue weighted by atomic mass is 15.0. The van der Waals surface area contributed by atoms with Crippen molar-refractivity contribution in [2.45, 2.75) is 33.4 Å². The predicted octanol–water partition coefficient (Wildman–Crippen LogP) is 2.57. The molecule has 0 amide bonds. The van der Waals surface area contributed by atoms with Gasteiger partial charge in [0.2, 0.25) is 0 Å². The molecule has 3 heteroatoms. The van der Waals surface area contributed by atoms with Crippen LogP contribution in [-0.4, -0.2) is 9.97 Å². The number of hydrogen-bond donors (Lipinski definition) is 2. The molecule has 3 nitrogen and oxygen atoms in total. The lowest BCUT2D eigenvalue weighted by atomic mass is 10.1. The van der Waals surface area contributed by atoms with Gasteiger partial charge >= 0.3 is 0 Å². The van der Waals surface area contributed by atoms with Crippen molar-refractivity contribution in [2.75, 3.05) is 0 Å². The van der Waals surface area contributed by atoms with Crippen LogP contribution >= 0.6 is 0 Å². The first-order valence-corrected chi connectivity index (χ1v) is 6.07. The van der Waals surface area contributed by atoms with Gasteiger partial charge in [-0.05, 0) is 24.5 Å². The molecule has 0 fully saturated rings. The van der Waals surface area contributed by atoms with Crippen molar-refractivity contribution in [1.82, 2.24) is 15.3 Å². The van der Waals surface area contributed by atoms with Gasteiger partial charge in [0.25, 0.3) is 0 Å². The zero-order valence-electron chi connectivity index (χ0n) is 10.5. The number of aryl methyl sites for hydroxylation is 2. The lowest BCUT2D eigenvalue weighted by molar-refractivity contribution is 0.681. The lowest BCUT2D eigenvalue weighted by Gasteiger charge is -2.04. The fourth-order valence-electron chi connectivity index (χ4n) is 1.80.